The van der Waals surface area contributed by atoms with Crippen molar-refractivity contribution < 1.29 is 9.21 Å². The average molecular weight is 327 g/mol. The molecule has 0 bridgehead atoms. The van der Waals surface area contributed by atoms with Crippen LogP contribution in [-0.4, -0.2) is 23.5 Å². The molecule has 0 spiro atoms. The highest BCUT2D eigenvalue weighted by Gasteiger charge is 2.45. The van der Waals surface area contributed by atoms with Crippen LogP contribution in [0.25, 0.3) is 11.5 Å². The second-order valence-electron chi connectivity index (χ2n) is 6.49. The molecule has 1 unspecified atom stereocenters. The minimum atomic E-state index is -0.183. The van der Waals surface area contributed by atoms with Crippen LogP contribution in [-0.2, 0) is 11.3 Å². The molecular formula is C19H25N3O2. The predicted molar refractivity (Wildman–Crippen MR) is 93.3 cm³/mol. The van der Waals surface area contributed by atoms with Crippen molar-refractivity contribution in [1.82, 2.24) is 15.6 Å². The molecule has 2 heterocycles. The normalized spacial score (nSPS) is 19.5. The lowest BCUT2D eigenvalue weighted by atomic mass is 9.77. The summed E-state index contributed by atoms with van der Waals surface area (Å²) >= 11 is 0. The lowest BCUT2D eigenvalue weighted by molar-refractivity contribution is -0.122. The molecule has 1 aliphatic rings. The molecule has 1 amide bonds. The Morgan fingerprint density at radius 3 is 2.67 bits per heavy atom. The third-order valence-electron chi connectivity index (χ3n) is 5.28. The molecule has 2 aromatic rings. The number of carbonyl (C=O) groups excluding carboxylic acids is 1. The standard InChI is InChI=1S/C19H25N3O2/c1-4-19(5-2)12-21-17(23)16(19)20-11-15-13(3)22-18(24-15)14-9-7-6-8-10-14/h6-10,16,20H,4-5,11-12H2,1-3H3,(H,21,23). The first-order valence-corrected chi connectivity index (χ1v) is 8.62. The molecule has 1 saturated heterocycles. The van der Waals surface area contributed by atoms with E-state index >= 15 is 0 Å². The number of nitrogens with one attached hydrogen (secondary N) is 2. The van der Waals surface area contributed by atoms with Crippen LogP contribution >= 0.6 is 0 Å². The van der Waals surface area contributed by atoms with E-state index in [9.17, 15) is 4.79 Å². The Bertz CT molecular complexity index is 705. The van der Waals surface area contributed by atoms with Gasteiger partial charge in [0.1, 0.15) is 5.76 Å². The zero-order valence-corrected chi connectivity index (χ0v) is 14.6. The molecular weight excluding hydrogens is 302 g/mol. The van der Waals surface area contributed by atoms with Gasteiger partial charge in [-0.25, -0.2) is 4.98 Å². The third-order valence-corrected chi connectivity index (χ3v) is 5.28. The van der Waals surface area contributed by atoms with Crippen molar-refractivity contribution in [1.29, 1.82) is 0 Å². The number of amides is 1. The maximum absolute atomic E-state index is 12.2. The van der Waals surface area contributed by atoms with Gasteiger partial charge in [-0.2, -0.15) is 0 Å². The molecule has 0 saturated carbocycles. The smallest absolute Gasteiger partial charge is 0.237 e. The van der Waals surface area contributed by atoms with E-state index in [2.05, 4.69) is 29.5 Å². The molecule has 24 heavy (non-hydrogen) atoms. The summed E-state index contributed by atoms with van der Waals surface area (Å²) in [6, 6.07) is 9.67. The summed E-state index contributed by atoms with van der Waals surface area (Å²) in [6.45, 7) is 7.47. The lowest BCUT2D eigenvalue weighted by Gasteiger charge is -2.31. The second kappa shape index (κ2) is 6.77. The van der Waals surface area contributed by atoms with Gasteiger partial charge in [-0.3, -0.25) is 10.1 Å². The molecule has 5 heteroatoms. The molecule has 1 aromatic heterocycles. The van der Waals surface area contributed by atoms with Crippen molar-refractivity contribution in [2.24, 2.45) is 5.41 Å². The topological polar surface area (TPSA) is 67.2 Å². The van der Waals surface area contributed by atoms with Crippen LogP contribution in [0.5, 0.6) is 0 Å². The Kier molecular flexibility index (Phi) is 4.71. The second-order valence-corrected chi connectivity index (χ2v) is 6.49. The van der Waals surface area contributed by atoms with E-state index in [1.807, 2.05) is 37.3 Å². The van der Waals surface area contributed by atoms with Gasteiger partial charge in [0.05, 0.1) is 18.3 Å². The number of hydrogen-bond acceptors (Lipinski definition) is 4. The van der Waals surface area contributed by atoms with Gasteiger partial charge in [-0.15, -0.1) is 0 Å². The summed E-state index contributed by atoms with van der Waals surface area (Å²) in [7, 11) is 0. The van der Waals surface area contributed by atoms with Crippen LogP contribution in [0.1, 0.15) is 38.1 Å². The summed E-state index contributed by atoms with van der Waals surface area (Å²) in [5, 5.41) is 6.40. The predicted octanol–water partition coefficient (Wildman–Crippen LogP) is 3.04. The van der Waals surface area contributed by atoms with Gasteiger partial charge in [0.25, 0.3) is 0 Å². The SMILES string of the molecule is CCC1(CC)CNC(=O)C1NCc1oc(-c2ccccc2)nc1C. The van der Waals surface area contributed by atoms with Crippen LogP contribution in [0.2, 0.25) is 0 Å². The summed E-state index contributed by atoms with van der Waals surface area (Å²) in [5.74, 6) is 1.49. The third kappa shape index (κ3) is 2.96. The van der Waals surface area contributed by atoms with Crippen LogP contribution in [0, 0.1) is 12.3 Å². The fourth-order valence-corrected chi connectivity index (χ4v) is 3.45. The Labute approximate surface area is 142 Å². The monoisotopic (exact) mass is 327 g/mol. The van der Waals surface area contributed by atoms with Crippen molar-refractivity contribution >= 4 is 5.91 Å². The van der Waals surface area contributed by atoms with E-state index in [0.717, 1.165) is 36.4 Å². The number of aryl methyl sites for hydroxylation is 1. The number of carbonyl (C=O) groups is 1. The van der Waals surface area contributed by atoms with E-state index < -0.39 is 0 Å². The lowest BCUT2D eigenvalue weighted by Crippen LogP contribution is -2.45. The molecule has 3 rings (SSSR count). The number of hydrogen-bond donors (Lipinski definition) is 2. The molecule has 0 radical (unpaired) electrons. The van der Waals surface area contributed by atoms with Crippen LogP contribution in [0.15, 0.2) is 34.7 Å². The Balaban J connectivity index is 1.75. The number of nitrogens with zero attached hydrogens (tertiary/aromatic N) is 1. The van der Waals surface area contributed by atoms with Crippen molar-refractivity contribution in [3.63, 3.8) is 0 Å². The first-order valence-electron chi connectivity index (χ1n) is 8.62. The van der Waals surface area contributed by atoms with Crippen LogP contribution < -0.4 is 10.6 Å². The molecule has 1 aromatic carbocycles. The molecule has 1 atom stereocenters. The summed E-state index contributed by atoms with van der Waals surface area (Å²) in [5.41, 5.74) is 1.80. The quantitative estimate of drug-likeness (QED) is 0.856. The number of benzene rings is 1. The van der Waals surface area contributed by atoms with Crippen molar-refractivity contribution in [3.8, 4) is 11.5 Å². The first-order chi connectivity index (χ1) is 11.6. The highest BCUT2D eigenvalue weighted by molar-refractivity contribution is 5.85. The Morgan fingerprint density at radius 2 is 2.00 bits per heavy atom. The zero-order valence-electron chi connectivity index (χ0n) is 14.6. The van der Waals surface area contributed by atoms with E-state index in [-0.39, 0.29) is 17.4 Å². The minimum absolute atomic E-state index is 0.0206. The van der Waals surface area contributed by atoms with Crippen LogP contribution in [0.4, 0.5) is 0 Å². The van der Waals surface area contributed by atoms with Crippen molar-refractivity contribution in [2.75, 3.05) is 6.54 Å². The maximum atomic E-state index is 12.2. The van der Waals surface area contributed by atoms with Gasteiger partial charge in [-0.1, -0.05) is 32.0 Å². The fourth-order valence-electron chi connectivity index (χ4n) is 3.45. The van der Waals surface area contributed by atoms with E-state index in [4.69, 9.17) is 4.42 Å². The van der Waals surface area contributed by atoms with Gasteiger partial charge in [-0.05, 0) is 31.9 Å². The highest BCUT2D eigenvalue weighted by Crippen LogP contribution is 2.34. The molecule has 1 fully saturated rings. The van der Waals surface area contributed by atoms with E-state index in [0.29, 0.717) is 12.4 Å². The summed E-state index contributed by atoms with van der Waals surface area (Å²) < 4.78 is 5.93. The van der Waals surface area contributed by atoms with Gasteiger partial charge in [0, 0.05) is 17.5 Å². The number of rotatable bonds is 6. The Morgan fingerprint density at radius 1 is 1.29 bits per heavy atom. The Hall–Kier alpha value is -2.14. The number of oxazole rings is 1. The summed E-state index contributed by atoms with van der Waals surface area (Å²) in [4.78, 5) is 16.7. The van der Waals surface area contributed by atoms with E-state index in [1.54, 1.807) is 0 Å². The molecule has 5 nitrogen and oxygen atoms in total. The van der Waals surface area contributed by atoms with Crippen molar-refractivity contribution in [2.45, 2.75) is 46.2 Å². The molecule has 0 aliphatic carbocycles. The molecule has 2 N–H and O–H groups in total. The summed E-state index contributed by atoms with van der Waals surface area (Å²) in [6.07, 6.45) is 1.93. The van der Waals surface area contributed by atoms with Gasteiger partial charge >= 0.3 is 0 Å². The van der Waals surface area contributed by atoms with Gasteiger partial charge in [0.15, 0.2) is 0 Å². The molecule has 128 valence electrons. The highest BCUT2D eigenvalue weighted by atomic mass is 16.4. The van der Waals surface area contributed by atoms with Gasteiger partial charge < -0.3 is 9.73 Å². The number of aromatic nitrogens is 1. The van der Waals surface area contributed by atoms with Crippen LogP contribution in [0.3, 0.4) is 0 Å². The van der Waals surface area contributed by atoms with Crippen molar-refractivity contribution in [3.05, 3.63) is 41.8 Å². The molecule has 1 aliphatic heterocycles. The average Bonchev–Trinajstić information content (AvgIpc) is 3.14. The first kappa shape index (κ1) is 16.7. The van der Waals surface area contributed by atoms with Gasteiger partial charge in [0.2, 0.25) is 11.8 Å². The fraction of sp³-hybridized carbons (Fsp3) is 0.474. The zero-order chi connectivity index (χ0) is 17.2. The maximum Gasteiger partial charge on any atom is 0.237 e. The van der Waals surface area contributed by atoms with E-state index in [1.165, 1.54) is 0 Å². The largest absolute Gasteiger partial charge is 0.440 e. The minimum Gasteiger partial charge on any atom is -0.440 e.